The Morgan fingerprint density at radius 2 is 1.76 bits per heavy atom. The molecule has 3 aliphatic carbocycles. The monoisotopic (exact) mass is 344 g/mol. The van der Waals surface area contributed by atoms with Gasteiger partial charge in [0.25, 0.3) is 0 Å². The van der Waals surface area contributed by atoms with Crippen LogP contribution in [0, 0.1) is 17.3 Å². The number of carbonyl (C=O) groups excluding carboxylic acids is 1. The Balaban J connectivity index is 1.46. The van der Waals surface area contributed by atoms with Crippen LogP contribution in [0.2, 0.25) is 0 Å². The van der Waals surface area contributed by atoms with Crippen LogP contribution < -0.4 is 0 Å². The van der Waals surface area contributed by atoms with E-state index in [9.17, 15) is 4.79 Å². The number of ether oxygens (including phenoxy) is 2. The van der Waals surface area contributed by atoms with Crippen LogP contribution in [0.15, 0.2) is 23.3 Å². The highest BCUT2D eigenvalue weighted by molar-refractivity contribution is 5.79. The van der Waals surface area contributed by atoms with Gasteiger partial charge >= 0.3 is 0 Å². The second-order valence-corrected chi connectivity index (χ2v) is 8.83. The van der Waals surface area contributed by atoms with Crippen LogP contribution in [0.3, 0.4) is 0 Å². The third-order valence-electron chi connectivity index (χ3n) is 7.46. The zero-order valence-corrected chi connectivity index (χ0v) is 15.8. The lowest BCUT2D eigenvalue weighted by atomic mass is 9.63. The number of allylic oxidation sites excluding steroid dienone is 4. The first-order chi connectivity index (χ1) is 12.0. The molecule has 0 amide bonds. The Hall–Kier alpha value is -0.930. The Morgan fingerprint density at radius 1 is 1.04 bits per heavy atom. The van der Waals surface area contributed by atoms with Crippen molar-refractivity contribution in [2.45, 2.75) is 77.4 Å². The van der Waals surface area contributed by atoms with Gasteiger partial charge in [0.15, 0.2) is 5.79 Å². The van der Waals surface area contributed by atoms with E-state index in [2.05, 4.69) is 19.1 Å². The summed E-state index contributed by atoms with van der Waals surface area (Å²) < 4.78 is 11.7. The van der Waals surface area contributed by atoms with E-state index in [0.29, 0.717) is 11.7 Å². The standard InChI is InChI=1S/C22H32O3/c1-16(23)19-7-8-20-18(4-3-11-21(19,20)2)6-5-17-9-12-22(13-10-17)24-14-15-25-22/h5-6,19-20H,3-4,7-15H2,1-2H3/b18-6+/t19?,20?,21-/m1/s1. The number of hydrogen-bond donors (Lipinski definition) is 0. The molecule has 4 fully saturated rings. The minimum absolute atomic E-state index is 0.205. The SMILES string of the molecule is CC(=O)C1CCC2/C(=C/C=C3CCC4(CC3)OCCO4)CCC[C@]12C. The Labute approximate surface area is 151 Å². The van der Waals surface area contributed by atoms with Gasteiger partial charge in [-0.25, -0.2) is 0 Å². The fraction of sp³-hybridized carbons (Fsp3) is 0.773. The number of rotatable bonds is 2. The van der Waals surface area contributed by atoms with Crippen molar-refractivity contribution in [3.63, 3.8) is 0 Å². The van der Waals surface area contributed by atoms with Crippen molar-refractivity contribution in [2.75, 3.05) is 13.2 Å². The lowest BCUT2D eigenvalue weighted by Crippen LogP contribution is -2.36. The van der Waals surface area contributed by atoms with Crippen LogP contribution in [0.5, 0.6) is 0 Å². The molecule has 25 heavy (non-hydrogen) atoms. The zero-order valence-electron chi connectivity index (χ0n) is 15.8. The maximum absolute atomic E-state index is 12.1. The van der Waals surface area contributed by atoms with E-state index in [1.54, 1.807) is 12.5 Å². The summed E-state index contributed by atoms with van der Waals surface area (Å²) >= 11 is 0. The van der Waals surface area contributed by atoms with Crippen molar-refractivity contribution in [1.29, 1.82) is 0 Å². The Kier molecular flexibility index (Phi) is 4.66. The highest BCUT2D eigenvalue weighted by Crippen LogP contribution is 2.57. The lowest BCUT2D eigenvalue weighted by molar-refractivity contribution is -0.171. The van der Waals surface area contributed by atoms with E-state index >= 15 is 0 Å². The van der Waals surface area contributed by atoms with Crippen LogP contribution in [-0.2, 0) is 14.3 Å². The first-order valence-electron chi connectivity index (χ1n) is 10.2. The molecule has 2 unspecified atom stereocenters. The summed E-state index contributed by atoms with van der Waals surface area (Å²) in [6, 6.07) is 0. The summed E-state index contributed by atoms with van der Waals surface area (Å²) in [6.45, 7) is 5.67. The topological polar surface area (TPSA) is 35.5 Å². The van der Waals surface area contributed by atoms with Crippen LogP contribution >= 0.6 is 0 Å². The number of carbonyl (C=O) groups is 1. The molecule has 0 N–H and O–H groups in total. The van der Waals surface area contributed by atoms with Crippen molar-refractivity contribution >= 4 is 5.78 Å². The second-order valence-electron chi connectivity index (χ2n) is 8.83. The highest BCUT2D eigenvalue weighted by atomic mass is 16.7. The molecule has 0 aromatic heterocycles. The van der Waals surface area contributed by atoms with Gasteiger partial charge in [-0.15, -0.1) is 0 Å². The summed E-state index contributed by atoms with van der Waals surface area (Å²) in [5.74, 6) is 1.02. The van der Waals surface area contributed by atoms with E-state index in [4.69, 9.17) is 9.47 Å². The lowest BCUT2D eigenvalue weighted by Gasteiger charge is -2.41. The van der Waals surface area contributed by atoms with Crippen LogP contribution in [-0.4, -0.2) is 24.8 Å². The normalized spacial score (nSPS) is 39.0. The molecule has 3 saturated carbocycles. The third kappa shape index (κ3) is 3.14. The maximum Gasteiger partial charge on any atom is 0.169 e. The van der Waals surface area contributed by atoms with Crippen LogP contribution in [0.25, 0.3) is 0 Å². The van der Waals surface area contributed by atoms with Gasteiger partial charge in [-0.3, -0.25) is 4.79 Å². The van der Waals surface area contributed by atoms with Gasteiger partial charge in [-0.2, -0.15) is 0 Å². The third-order valence-corrected chi connectivity index (χ3v) is 7.46. The summed E-state index contributed by atoms with van der Waals surface area (Å²) in [4.78, 5) is 12.1. The van der Waals surface area contributed by atoms with E-state index in [1.165, 1.54) is 31.3 Å². The smallest absolute Gasteiger partial charge is 0.169 e. The van der Waals surface area contributed by atoms with Crippen molar-refractivity contribution < 1.29 is 14.3 Å². The molecule has 3 nitrogen and oxygen atoms in total. The van der Waals surface area contributed by atoms with Gasteiger partial charge < -0.3 is 9.47 Å². The second kappa shape index (κ2) is 6.66. The fourth-order valence-electron chi connectivity index (χ4n) is 6.04. The Bertz CT molecular complexity index is 584. The van der Waals surface area contributed by atoms with Gasteiger partial charge in [0.05, 0.1) is 13.2 Å². The van der Waals surface area contributed by atoms with E-state index in [0.717, 1.165) is 45.3 Å². The molecule has 1 heterocycles. The quantitative estimate of drug-likeness (QED) is 0.710. The predicted octanol–water partition coefficient (Wildman–Crippen LogP) is 4.96. The van der Waals surface area contributed by atoms with Crippen molar-refractivity contribution in [3.8, 4) is 0 Å². The van der Waals surface area contributed by atoms with Crippen LogP contribution in [0.4, 0.5) is 0 Å². The van der Waals surface area contributed by atoms with E-state index in [1.807, 2.05) is 0 Å². The largest absolute Gasteiger partial charge is 0.348 e. The van der Waals surface area contributed by atoms with Crippen molar-refractivity contribution in [3.05, 3.63) is 23.3 Å². The molecule has 3 atom stereocenters. The molecule has 0 aromatic carbocycles. The van der Waals surface area contributed by atoms with Crippen LogP contribution in [0.1, 0.15) is 71.6 Å². The molecule has 1 aliphatic heterocycles. The summed E-state index contributed by atoms with van der Waals surface area (Å²) in [6.07, 6.45) is 14.9. The first kappa shape index (κ1) is 17.5. The minimum Gasteiger partial charge on any atom is -0.348 e. The molecular weight excluding hydrogens is 312 g/mol. The number of Topliss-reactive ketones (excluding diaryl/α,β-unsaturated/α-hetero) is 1. The summed E-state index contributed by atoms with van der Waals surface area (Å²) in [7, 11) is 0. The molecule has 0 bridgehead atoms. The number of ketones is 1. The van der Waals surface area contributed by atoms with Gasteiger partial charge in [0.1, 0.15) is 5.78 Å². The first-order valence-corrected chi connectivity index (χ1v) is 10.2. The molecule has 4 rings (SSSR count). The van der Waals surface area contributed by atoms with E-state index < -0.39 is 0 Å². The molecular formula is C22H32O3. The zero-order chi connectivity index (χ0) is 17.5. The number of fused-ring (bicyclic) bond motifs is 1. The summed E-state index contributed by atoms with van der Waals surface area (Å²) in [5, 5.41) is 0. The minimum atomic E-state index is -0.270. The van der Waals surface area contributed by atoms with Crippen molar-refractivity contribution in [1.82, 2.24) is 0 Å². The fourth-order valence-corrected chi connectivity index (χ4v) is 6.04. The van der Waals surface area contributed by atoms with Gasteiger partial charge in [-0.05, 0) is 63.2 Å². The molecule has 1 spiro atoms. The summed E-state index contributed by atoms with van der Waals surface area (Å²) in [5.41, 5.74) is 3.33. The molecule has 3 heteroatoms. The molecule has 1 saturated heterocycles. The molecule has 4 aliphatic rings. The molecule has 138 valence electrons. The predicted molar refractivity (Wildman–Crippen MR) is 98.1 cm³/mol. The molecule has 0 radical (unpaired) electrons. The van der Waals surface area contributed by atoms with Gasteiger partial charge in [0.2, 0.25) is 0 Å². The molecule has 0 aromatic rings. The van der Waals surface area contributed by atoms with E-state index in [-0.39, 0.29) is 17.1 Å². The van der Waals surface area contributed by atoms with Crippen molar-refractivity contribution in [2.24, 2.45) is 17.3 Å². The van der Waals surface area contributed by atoms with Gasteiger partial charge in [0, 0.05) is 18.8 Å². The average Bonchev–Trinajstić information content (AvgIpc) is 3.19. The number of hydrogen-bond acceptors (Lipinski definition) is 3. The Morgan fingerprint density at radius 3 is 2.44 bits per heavy atom. The average molecular weight is 344 g/mol. The maximum atomic E-state index is 12.1. The highest BCUT2D eigenvalue weighted by Gasteiger charge is 2.50. The van der Waals surface area contributed by atoms with Gasteiger partial charge in [-0.1, -0.05) is 30.2 Å².